The molecule has 0 aliphatic carbocycles. The molecular weight excluding hydrogens is 523 g/mol. The second-order valence-corrected chi connectivity index (χ2v) is 11.0. The predicted octanol–water partition coefficient (Wildman–Crippen LogP) is 4.63. The summed E-state index contributed by atoms with van der Waals surface area (Å²) >= 11 is 1.24. The number of hydrogen-bond acceptors (Lipinski definition) is 10. The number of carboxylic acid groups (broad SMARTS) is 1. The maximum Gasteiger partial charge on any atom is 0.340 e. The number of hydrogen-bond donors (Lipinski definition) is 2. The Morgan fingerprint density at radius 2 is 1.92 bits per heavy atom. The van der Waals surface area contributed by atoms with Crippen LogP contribution in [0.2, 0.25) is 0 Å². The van der Waals surface area contributed by atoms with E-state index < -0.39 is 21.6 Å². The molecule has 37 heavy (non-hydrogen) atoms. The normalized spacial score (nSPS) is 11.6. The maximum atomic E-state index is 13.4. The van der Waals surface area contributed by atoms with Crippen LogP contribution in [-0.4, -0.2) is 54.1 Å². The van der Waals surface area contributed by atoms with Crippen LogP contribution >= 0.6 is 11.5 Å². The van der Waals surface area contributed by atoms with Gasteiger partial charge in [-0.15, -0.1) is 0 Å². The molecule has 0 spiro atoms. The molecule has 2 heterocycles. The predicted molar refractivity (Wildman–Crippen MR) is 140 cm³/mol. The third-order valence-electron chi connectivity index (χ3n) is 5.48. The van der Waals surface area contributed by atoms with Gasteiger partial charge in [0.15, 0.2) is 15.7 Å². The molecule has 13 heteroatoms. The van der Waals surface area contributed by atoms with Crippen LogP contribution in [0.15, 0.2) is 40.8 Å². The fourth-order valence-electron chi connectivity index (χ4n) is 3.67. The molecule has 0 bridgehead atoms. The monoisotopic (exact) mass is 548 g/mol. The van der Waals surface area contributed by atoms with Gasteiger partial charge in [-0.05, 0) is 44.2 Å². The number of carboxylic acids is 1. The van der Waals surface area contributed by atoms with E-state index in [0.717, 1.165) is 24.5 Å². The van der Waals surface area contributed by atoms with E-state index in [2.05, 4.69) is 14.7 Å². The van der Waals surface area contributed by atoms with Crippen molar-refractivity contribution in [2.45, 2.75) is 20.5 Å². The number of fused-ring (bicyclic) bond motifs is 1. The number of ether oxygens (including phenoxy) is 1. The molecular formula is C24H25FN4O6S2. The quantitative estimate of drug-likeness (QED) is 0.273. The zero-order valence-corrected chi connectivity index (χ0v) is 22.0. The Morgan fingerprint density at radius 3 is 2.54 bits per heavy atom. The van der Waals surface area contributed by atoms with Crippen molar-refractivity contribution in [2.75, 3.05) is 35.4 Å². The summed E-state index contributed by atoms with van der Waals surface area (Å²) in [5.41, 5.74) is 0.722. The van der Waals surface area contributed by atoms with Crippen molar-refractivity contribution in [1.82, 2.24) is 9.36 Å². The molecule has 0 saturated heterocycles. The highest BCUT2D eigenvalue weighted by Gasteiger charge is 2.24. The molecule has 2 N–H and O–H groups in total. The Bertz CT molecular complexity index is 1530. The van der Waals surface area contributed by atoms with E-state index in [9.17, 15) is 22.7 Å². The molecule has 2 aromatic carbocycles. The topological polar surface area (TPSA) is 135 Å². The maximum absolute atomic E-state index is 13.4. The number of anilines is 2. The van der Waals surface area contributed by atoms with Gasteiger partial charge in [0.2, 0.25) is 5.13 Å². The van der Waals surface area contributed by atoms with Gasteiger partial charge in [-0.2, -0.15) is 9.36 Å². The number of furan rings is 1. The summed E-state index contributed by atoms with van der Waals surface area (Å²) in [5.74, 6) is -1.43. The van der Waals surface area contributed by atoms with Crippen LogP contribution in [0.5, 0.6) is 5.75 Å². The Morgan fingerprint density at radius 1 is 1.22 bits per heavy atom. The van der Waals surface area contributed by atoms with Crippen LogP contribution in [0.1, 0.15) is 30.0 Å². The van der Waals surface area contributed by atoms with E-state index in [1.54, 1.807) is 0 Å². The molecule has 0 amide bonds. The largest absolute Gasteiger partial charge is 0.483 e. The van der Waals surface area contributed by atoms with Crippen molar-refractivity contribution in [1.29, 1.82) is 0 Å². The van der Waals surface area contributed by atoms with E-state index in [-0.39, 0.29) is 46.2 Å². The molecule has 0 fully saturated rings. The number of benzene rings is 2. The number of aromatic nitrogens is 2. The van der Waals surface area contributed by atoms with E-state index in [1.165, 1.54) is 47.9 Å². The fraction of sp³-hybridized carbons (Fsp3) is 0.292. The molecule has 196 valence electrons. The average Bonchev–Trinajstić information content (AvgIpc) is 3.46. The second kappa shape index (κ2) is 10.7. The lowest BCUT2D eigenvalue weighted by molar-refractivity contribution is 0.0699. The van der Waals surface area contributed by atoms with Gasteiger partial charge in [0.25, 0.3) is 0 Å². The molecule has 0 radical (unpaired) electrons. The van der Waals surface area contributed by atoms with Gasteiger partial charge >= 0.3 is 5.97 Å². The lowest BCUT2D eigenvalue weighted by atomic mass is 10.0. The zero-order valence-electron chi connectivity index (χ0n) is 20.3. The van der Waals surface area contributed by atoms with Crippen LogP contribution in [0.4, 0.5) is 15.2 Å². The summed E-state index contributed by atoms with van der Waals surface area (Å²) in [7, 11) is -3.39. The van der Waals surface area contributed by atoms with Gasteiger partial charge in [-0.3, -0.25) is 0 Å². The lowest BCUT2D eigenvalue weighted by Crippen LogP contribution is -2.21. The van der Waals surface area contributed by atoms with Crippen molar-refractivity contribution in [3.63, 3.8) is 0 Å². The second-order valence-electron chi connectivity index (χ2n) is 8.16. The third kappa shape index (κ3) is 6.00. The van der Waals surface area contributed by atoms with Crippen molar-refractivity contribution in [3.8, 4) is 17.1 Å². The van der Waals surface area contributed by atoms with E-state index in [0.29, 0.717) is 11.4 Å². The highest BCUT2D eigenvalue weighted by atomic mass is 32.2. The first-order chi connectivity index (χ1) is 17.6. The Kier molecular flexibility index (Phi) is 7.64. The van der Waals surface area contributed by atoms with Crippen LogP contribution in [-0.2, 0) is 16.4 Å². The number of carbonyl (C=O) groups is 1. The van der Waals surface area contributed by atoms with Gasteiger partial charge < -0.3 is 24.5 Å². The molecule has 0 aliphatic heterocycles. The molecule has 0 saturated carbocycles. The zero-order chi connectivity index (χ0) is 26.7. The van der Waals surface area contributed by atoms with E-state index in [4.69, 9.17) is 9.15 Å². The molecule has 0 aliphatic rings. The minimum atomic E-state index is -3.39. The summed E-state index contributed by atoms with van der Waals surface area (Å²) in [5, 5.41) is 13.8. The molecule has 0 unspecified atom stereocenters. The standard InChI is InChI=1S/C24H25FN4O6S2/c1-4-29(5-2)24-27-20(28-36-24)12-34-19-10-16-18(11-17(19)26-13-37(3,32)33)35-22(21(16)23(30)31)14-6-8-15(25)9-7-14/h6-11,26H,4-5,12-13H2,1-3H3,(H,30,31). The van der Waals surface area contributed by atoms with E-state index >= 15 is 0 Å². The smallest absolute Gasteiger partial charge is 0.340 e. The number of aromatic carboxylic acids is 1. The first kappa shape index (κ1) is 26.4. The number of halogens is 1. The van der Waals surface area contributed by atoms with Crippen molar-refractivity contribution < 1.29 is 31.9 Å². The average molecular weight is 549 g/mol. The van der Waals surface area contributed by atoms with Crippen molar-refractivity contribution in [3.05, 3.63) is 53.6 Å². The van der Waals surface area contributed by atoms with Crippen LogP contribution in [0.3, 0.4) is 0 Å². The van der Waals surface area contributed by atoms with Crippen molar-refractivity contribution in [2.24, 2.45) is 0 Å². The van der Waals surface area contributed by atoms with Crippen molar-refractivity contribution >= 4 is 49.1 Å². The fourth-order valence-corrected chi connectivity index (χ4v) is 4.89. The molecule has 2 aromatic heterocycles. The van der Waals surface area contributed by atoms with Gasteiger partial charge in [0.1, 0.15) is 41.0 Å². The summed E-state index contributed by atoms with van der Waals surface area (Å²) < 4.78 is 53.1. The van der Waals surface area contributed by atoms with Crippen LogP contribution in [0, 0.1) is 5.82 Å². The molecule has 0 atom stereocenters. The summed E-state index contributed by atoms with van der Waals surface area (Å²) in [6.45, 7) is 5.55. The van der Waals surface area contributed by atoms with Crippen LogP contribution in [0.25, 0.3) is 22.3 Å². The molecule has 10 nitrogen and oxygen atoms in total. The summed E-state index contributed by atoms with van der Waals surface area (Å²) in [6.07, 6.45) is 1.08. The highest BCUT2D eigenvalue weighted by Crippen LogP contribution is 2.39. The van der Waals surface area contributed by atoms with E-state index in [1.807, 2.05) is 18.7 Å². The summed E-state index contributed by atoms with van der Waals surface area (Å²) in [4.78, 5) is 18.7. The minimum Gasteiger partial charge on any atom is -0.483 e. The molecule has 4 aromatic rings. The first-order valence-electron chi connectivity index (χ1n) is 11.3. The van der Waals surface area contributed by atoms with Gasteiger partial charge in [0, 0.05) is 47.9 Å². The Labute approximate surface area is 216 Å². The SMILES string of the molecule is CCN(CC)c1nc(COc2cc3c(C(=O)O)c(-c4ccc(F)cc4)oc3cc2NCS(C)(=O)=O)ns1. The number of rotatable bonds is 11. The highest BCUT2D eigenvalue weighted by molar-refractivity contribution is 7.90. The number of nitrogens with one attached hydrogen (secondary N) is 1. The summed E-state index contributed by atoms with van der Waals surface area (Å²) in [6, 6.07) is 8.19. The van der Waals surface area contributed by atoms with Gasteiger partial charge in [0.05, 0.1) is 5.69 Å². The number of nitrogens with zero attached hydrogens (tertiary/aromatic N) is 3. The first-order valence-corrected chi connectivity index (χ1v) is 14.1. The Balaban J connectivity index is 1.75. The molecule has 4 rings (SSSR count). The Hall–Kier alpha value is -3.71. The van der Waals surface area contributed by atoms with Crippen LogP contribution < -0.4 is 15.0 Å². The minimum absolute atomic E-state index is 0.0259. The number of sulfone groups is 1. The van der Waals surface area contributed by atoms with Gasteiger partial charge in [-0.25, -0.2) is 17.6 Å². The third-order valence-corrected chi connectivity index (χ3v) is 6.97. The lowest BCUT2D eigenvalue weighted by Gasteiger charge is -2.15. The van der Waals surface area contributed by atoms with Gasteiger partial charge in [-0.1, -0.05) is 0 Å².